The first kappa shape index (κ1) is 14.3. The van der Waals surface area contributed by atoms with Gasteiger partial charge in [0.2, 0.25) is 0 Å². The number of hydrogen-bond acceptors (Lipinski definition) is 3. The van der Waals surface area contributed by atoms with Gasteiger partial charge in [-0.25, -0.2) is 0 Å². The van der Waals surface area contributed by atoms with Crippen molar-refractivity contribution in [3.05, 3.63) is 0 Å². The molecule has 0 amide bonds. The maximum Gasteiger partial charge on any atom is 0.0597 e. The van der Waals surface area contributed by atoms with Crippen molar-refractivity contribution in [1.82, 2.24) is 0 Å². The van der Waals surface area contributed by atoms with Crippen molar-refractivity contribution in [3.63, 3.8) is 0 Å². The molecular formula is C17H28OS2. The Morgan fingerprint density at radius 1 is 0.900 bits per heavy atom. The quantitative estimate of drug-likeness (QED) is 0.575. The van der Waals surface area contributed by atoms with Crippen LogP contribution in [-0.4, -0.2) is 20.7 Å². The summed E-state index contributed by atoms with van der Waals surface area (Å²) in [4.78, 5) is 0. The lowest BCUT2D eigenvalue weighted by Crippen LogP contribution is -2.60. The molecule has 0 heterocycles. The van der Waals surface area contributed by atoms with Crippen LogP contribution in [0.4, 0.5) is 0 Å². The molecule has 7 atom stereocenters. The van der Waals surface area contributed by atoms with E-state index in [1.165, 1.54) is 57.8 Å². The Morgan fingerprint density at radius 2 is 1.75 bits per heavy atom. The Bertz CT molecular complexity index is 400. The second-order valence-corrected chi connectivity index (χ2v) is 9.80. The third kappa shape index (κ3) is 1.88. The normalized spacial score (nSPS) is 58.6. The largest absolute Gasteiger partial charge is 0.393 e. The molecule has 0 aromatic heterocycles. The van der Waals surface area contributed by atoms with Crippen LogP contribution in [0.2, 0.25) is 0 Å². The van der Waals surface area contributed by atoms with Crippen molar-refractivity contribution in [2.75, 3.05) is 0 Å². The van der Waals surface area contributed by atoms with Gasteiger partial charge in [0.25, 0.3) is 0 Å². The Labute approximate surface area is 134 Å². The zero-order valence-corrected chi connectivity index (χ0v) is 14.1. The summed E-state index contributed by atoms with van der Waals surface area (Å²) in [5.74, 6) is 2.62. The molecule has 4 aliphatic rings. The summed E-state index contributed by atoms with van der Waals surface area (Å²) >= 11 is 10.3. The van der Waals surface area contributed by atoms with Crippen molar-refractivity contribution in [1.29, 1.82) is 0 Å². The molecule has 4 aliphatic carbocycles. The minimum absolute atomic E-state index is 0.123. The molecule has 3 heteroatoms. The van der Waals surface area contributed by atoms with Crippen molar-refractivity contribution in [2.24, 2.45) is 23.7 Å². The lowest BCUT2D eigenvalue weighted by atomic mass is 9.52. The summed E-state index contributed by atoms with van der Waals surface area (Å²) in [6.07, 6.45) is 12.5. The second kappa shape index (κ2) is 4.83. The highest BCUT2D eigenvalue weighted by Gasteiger charge is 2.61. The van der Waals surface area contributed by atoms with Gasteiger partial charge in [0, 0.05) is 15.4 Å². The molecule has 4 fully saturated rings. The molecule has 20 heavy (non-hydrogen) atoms. The first-order chi connectivity index (χ1) is 9.55. The minimum atomic E-state index is -0.162. The number of aliphatic hydroxyl groups excluding tert-OH is 1. The highest BCUT2D eigenvalue weighted by Crippen LogP contribution is 2.63. The number of fused-ring (bicyclic) bond motifs is 5. The van der Waals surface area contributed by atoms with Gasteiger partial charge in [-0.2, -0.15) is 25.3 Å². The molecule has 0 aromatic carbocycles. The summed E-state index contributed by atoms with van der Waals surface area (Å²) in [7, 11) is 0. The van der Waals surface area contributed by atoms with E-state index in [2.05, 4.69) is 0 Å². The van der Waals surface area contributed by atoms with E-state index in [1.54, 1.807) is 0 Å². The van der Waals surface area contributed by atoms with Gasteiger partial charge < -0.3 is 5.11 Å². The fourth-order valence-corrected chi connectivity index (χ4v) is 7.98. The van der Waals surface area contributed by atoms with Crippen molar-refractivity contribution >= 4 is 25.3 Å². The highest BCUT2D eigenvalue weighted by molar-refractivity contribution is 7.82. The lowest BCUT2D eigenvalue weighted by molar-refractivity contribution is -0.0736. The molecule has 4 saturated carbocycles. The van der Waals surface area contributed by atoms with Crippen LogP contribution in [-0.2, 0) is 0 Å². The SMILES string of the molecule is O[C@H]1CC2(S)CCCC2C2CCC3CCCCC3(S)C21. The molecule has 114 valence electrons. The van der Waals surface area contributed by atoms with E-state index in [9.17, 15) is 5.11 Å². The molecule has 0 bridgehead atoms. The Kier molecular flexibility index (Phi) is 3.44. The molecule has 4 rings (SSSR count). The molecule has 0 spiro atoms. The van der Waals surface area contributed by atoms with Crippen LogP contribution < -0.4 is 0 Å². The van der Waals surface area contributed by atoms with E-state index in [0.717, 1.165) is 18.3 Å². The van der Waals surface area contributed by atoms with Crippen LogP contribution >= 0.6 is 25.3 Å². The first-order valence-electron chi connectivity index (χ1n) is 8.67. The third-order valence-electron chi connectivity index (χ3n) is 7.28. The second-order valence-electron chi connectivity index (χ2n) is 8.07. The molecule has 1 N–H and O–H groups in total. The number of thiol groups is 2. The molecule has 0 aromatic rings. The van der Waals surface area contributed by atoms with Crippen molar-refractivity contribution in [3.8, 4) is 0 Å². The third-order valence-corrected chi connectivity index (χ3v) is 8.91. The minimum Gasteiger partial charge on any atom is -0.393 e. The average molecular weight is 313 g/mol. The number of aliphatic hydroxyl groups is 1. The smallest absolute Gasteiger partial charge is 0.0597 e. The Morgan fingerprint density at radius 3 is 2.60 bits per heavy atom. The molecule has 0 saturated heterocycles. The van der Waals surface area contributed by atoms with Gasteiger partial charge >= 0.3 is 0 Å². The topological polar surface area (TPSA) is 20.2 Å². The van der Waals surface area contributed by atoms with E-state index in [-0.39, 0.29) is 15.6 Å². The van der Waals surface area contributed by atoms with Crippen LogP contribution in [0.3, 0.4) is 0 Å². The molecule has 6 unspecified atom stereocenters. The first-order valence-corrected chi connectivity index (χ1v) is 9.57. The van der Waals surface area contributed by atoms with E-state index in [0.29, 0.717) is 11.8 Å². The van der Waals surface area contributed by atoms with Gasteiger partial charge in [-0.1, -0.05) is 19.3 Å². The zero-order chi connectivity index (χ0) is 14.0. The van der Waals surface area contributed by atoms with Crippen LogP contribution in [0.1, 0.15) is 64.2 Å². The summed E-state index contributed by atoms with van der Waals surface area (Å²) < 4.78 is 0.254. The van der Waals surface area contributed by atoms with Crippen molar-refractivity contribution < 1.29 is 5.11 Å². The Balaban J connectivity index is 1.69. The summed E-state index contributed by atoms with van der Waals surface area (Å²) in [6.45, 7) is 0. The van der Waals surface area contributed by atoms with E-state index >= 15 is 0 Å². The fraction of sp³-hybridized carbons (Fsp3) is 1.00. The van der Waals surface area contributed by atoms with E-state index in [4.69, 9.17) is 25.3 Å². The van der Waals surface area contributed by atoms with E-state index < -0.39 is 0 Å². The predicted molar refractivity (Wildman–Crippen MR) is 89.6 cm³/mol. The highest BCUT2D eigenvalue weighted by atomic mass is 32.1. The monoisotopic (exact) mass is 312 g/mol. The number of rotatable bonds is 0. The van der Waals surface area contributed by atoms with E-state index in [1.807, 2.05) is 0 Å². The standard InChI is InChI=1S/C17H28OS2/c18-14-10-16(19)8-3-5-13(16)12-7-6-11-4-1-2-9-17(11,20)15(12)14/h11-15,18-20H,1-10H2/t11?,12?,13?,14-,15?,16?,17?/m0/s1. The van der Waals surface area contributed by atoms with Gasteiger partial charge in [0.15, 0.2) is 0 Å². The zero-order valence-electron chi connectivity index (χ0n) is 12.3. The van der Waals surface area contributed by atoms with Gasteiger partial charge in [0.05, 0.1) is 6.10 Å². The molecular weight excluding hydrogens is 284 g/mol. The van der Waals surface area contributed by atoms with Crippen LogP contribution in [0.25, 0.3) is 0 Å². The van der Waals surface area contributed by atoms with Gasteiger partial charge in [-0.3, -0.25) is 0 Å². The molecule has 0 radical (unpaired) electrons. The average Bonchev–Trinajstić information content (AvgIpc) is 2.78. The predicted octanol–water partition coefficient (Wildman–Crippen LogP) is 4.10. The van der Waals surface area contributed by atoms with Gasteiger partial charge in [-0.05, 0) is 62.7 Å². The molecule has 0 aliphatic heterocycles. The maximum absolute atomic E-state index is 10.9. The Hall–Kier alpha value is 0.660. The number of hydrogen-bond donors (Lipinski definition) is 3. The fourth-order valence-electron chi connectivity index (χ4n) is 6.54. The molecule has 1 nitrogen and oxygen atoms in total. The summed E-state index contributed by atoms with van der Waals surface area (Å²) in [6, 6.07) is 0. The summed E-state index contributed by atoms with van der Waals surface area (Å²) in [5.41, 5.74) is 0. The van der Waals surface area contributed by atoms with Gasteiger partial charge in [-0.15, -0.1) is 0 Å². The maximum atomic E-state index is 10.9. The van der Waals surface area contributed by atoms with Gasteiger partial charge in [0.1, 0.15) is 0 Å². The van der Waals surface area contributed by atoms with Crippen molar-refractivity contribution in [2.45, 2.75) is 79.8 Å². The van der Waals surface area contributed by atoms with Crippen LogP contribution in [0.15, 0.2) is 0 Å². The van der Waals surface area contributed by atoms with Crippen LogP contribution in [0.5, 0.6) is 0 Å². The lowest BCUT2D eigenvalue weighted by Gasteiger charge is -2.60. The summed E-state index contributed by atoms with van der Waals surface area (Å²) in [5, 5.41) is 10.9. The van der Waals surface area contributed by atoms with Crippen LogP contribution in [0, 0.1) is 23.7 Å².